The molecule has 1 aromatic heterocycles. The Morgan fingerprint density at radius 2 is 2.16 bits per heavy atom. The number of rotatable bonds is 5. The Morgan fingerprint density at radius 3 is 2.79 bits per heavy atom. The van der Waals surface area contributed by atoms with E-state index >= 15 is 0 Å². The number of thiophene rings is 1. The van der Waals surface area contributed by atoms with E-state index in [2.05, 4.69) is 4.72 Å². The van der Waals surface area contributed by atoms with Crippen LogP contribution in [0.2, 0.25) is 0 Å². The van der Waals surface area contributed by atoms with Crippen molar-refractivity contribution >= 4 is 31.4 Å². The van der Waals surface area contributed by atoms with Crippen LogP contribution in [0.5, 0.6) is 0 Å². The average Bonchev–Trinajstić information content (AvgIpc) is 2.85. The molecule has 108 valence electrons. The minimum absolute atomic E-state index is 0.0967. The van der Waals surface area contributed by atoms with Gasteiger partial charge < -0.3 is 0 Å². The van der Waals surface area contributed by atoms with Gasteiger partial charge in [0, 0.05) is 19.6 Å². The molecule has 1 aliphatic heterocycles. The van der Waals surface area contributed by atoms with Gasteiger partial charge in [-0.05, 0) is 24.3 Å². The number of nitrogens with one attached hydrogen (secondary N) is 1. The average molecular weight is 324 g/mol. The first-order chi connectivity index (χ1) is 8.92. The zero-order valence-electron chi connectivity index (χ0n) is 10.3. The Balaban J connectivity index is 1.90. The van der Waals surface area contributed by atoms with Crippen molar-refractivity contribution in [2.45, 2.75) is 17.1 Å². The summed E-state index contributed by atoms with van der Waals surface area (Å²) in [6.07, 6.45) is 1.51. The first kappa shape index (κ1) is 14.9. The number of hydrogen-bond acceptors (Lipinski definition) is 5. The lowest BCUT2D eigenvalue weighted by molar-refractivity contribution is 0.386. The Labute approximate surface area is 117 Å². The van der Waals surface area contributed by atoms with E-state index in [4.69, 9.17) is 0 Å². The third kappa shape index (κ3) is 3.76. The zero-order valence-corrected chi connectivity index (χ0v) is 12.7. The lowest BCUT2D eigenvalue weighted by Crippen LogP contribution is -2.42. The van der Waals surface area contributed by atoms with E-state index in [9.17, 15) is 16.8 Å². The lowest BCUT2D eigenvalue weighted by atomic mass is 10.3. The minimum Gasteiger partial charge on any atom is -0.212 e. The molecule has 0 bridgehead atoms. The summed E-state index contributed by atoms with van der Waals surface area (Å²) in [5.74, 6) is 0.157. The normalized spacial score (nSPS) is 20.4. The molecule has 2 heterocycles. The van der Waals surface area contributed by atoms with Gasteiger partial charge in [-0.15, -0.1) is 11.3 Å². The topological polar surface area (TPSA) is 83.6 Å². The molecule has 1 aliphatic rings. The van der Waals surface area contributed by atoms with Gasteiger partial charge >= 0.3 is 0 Å². The van der Waals surface area contributed by atoms with Gasteiger partial charge in [-0.1, -0.05) is 6.07 Å². The Hall–Kier alpha value is -0.480. The highest BCUT2D eigenvalue weighted by Gasteiger charge is 2.25. The quantitative estimate of drug-likeness (QED) is 0.852. The molecule has 0 aromatic carbocycles. The van der Waals surface area contributed by atoms with Gasteiger partial charge in [-0.3, -0.25) is 0 Å². The maximum atomic E-state index is 11.8. The SMILES string of the molecule is O=S(=O)(NCCN1CCCCS1(=O)=O)c1cccs1. The van der Waals surface area contributed by atoms with Crippen molar-refractivity contribution in [3.8, 4) is 0 Å². The summed E-state index contributed by atoms with van der Waals surface area (Å²) in [4.78, 5) is 0. The third-order valence-electron chi connectivity index (χ3n) is 2.87. The molecule has 0 aliphatic carbocycles. The highest BCUT2D eigenvalue weighted by molar-refractivity contribution is 7.91. The third-order valence-corrected chi connectivity index (χ3v) is 7.68. The fourth-order valence-electron chi connectivity index (χ4n) is 1.88. The van der Waals surface area contributed by atoms with Gasteiger partial charge in [-0.25, -0.2) is 25.9 Å². The molecule has 19 heavy (non-hydrogen) atoms. The van der Waals surface area contributed by atoms with Crippen LogP contribution < -0.4 is 4.72 Å². The van der Waals surface area contributed by atoms with Crippen LogP contribution in [-0.4, -0.2) is 46.5 Å². The van der Waals surface area contributed by atoms with Crippen LogP contribution in [0.3, 0.4) is 0 Å². The summed E-state index contributed by atoms with van der Waals surface area (Å²) >= 11 is 1.13. The minimum atomic E-state index is -3.51. The van der Waals surface area contributed by atoms with Crippen molar-refractivity contribution in [2.24, 2.45) is 0 Å². The molecule has 0 radical (unpaired) electrons. The van der Waals surface area contributed by atoms with Gasteiger partial charge in [0.2, 0.25) is 20.0 Å². The second-order valence-electron chi connectivity index (χ2n) is 4.25. The van der Waals surface area contributed by atoms with E-state index in [1.54, 1.807) is 11.4 Å². The van der Waals surface area contributed by atoms with Gasteiger partial charge in [0.15, 0.2) is 0 Å². The largest absolute Gasteiger partial charge is 0.250 e. The molecule has 1 fully saturated rings. The first-order valence-corrected chi connectivity index (χ1v) is 9.90. The summed E-state index contributed by atoms with van der Waals surface area (Å²) in [5, 5.41) is 1.68. The highest BCUT2D eigenvalue weighted by atomic mass is 32.2. The summed E-state index contributed by atoms with van der Waals surface area (Å²) in [5.41, 5.74) is 0. The molecule has 0 spiro atoms. The van der Waals surface area contributed by atoms with Gasteiger partial charge in [0.05, 0.1) is 5.75 Å². The number of nitrogens with zero attached hydrogens (tertiary/aromatic N) is 1. The molecule has 1 aromatic rings. The molecule has 9 heteroatoms. The first-order valence-electron chi connectivity index (χ1n) is 5.93. The Kier molecular flexibility index (Phi) is 4.62. The van der Waals surface area contributed by atoms with E-state index in [1.165, 1.54) is 10.4 Å². The smallest absolute Gasteiger partial charge is 0.212 e. The van der Waals surface area contributed by atoms with E-state index < -0.39 is 20.0 Å². The summed E-state index contributed by atoms with van der Waals surface area (Å²) in [6.45, 7) is 0.759. The van der Waals surface area contributed by atoms with Gasteiger partial charge in [0.1, 0.15) is 4.21 Å². The van der Waals surface area contributed by atoms with Crippen LogP contribution in [0.4, 0.5) is 0 Å². The monoisotopic (exact) mass is 324 g/mol. The molecular weight excluding hydrogens is 308 g/mol. The number of sulfonamides is 2. The van der Waals surface area contributed by atoms with Crippen LogP contribution in [-0.2, 0) is 20.0 Å². The highest BCUT2D eigenvalue weighted by Crippen LogP contribution is 2.16. The molecule has 0 amide bonds. The van der Waals surface area contributed by atoms with Crippen LogP contribution in [0.1, 0.15) is 12.8 Å². The lowest BCUT2D eigenvalue weighted by Gasteiger charge is -2.26. The van der Waals surface area contributed by atoms with Crippen molar-refractivity contribution in [3.63, 3.8) is 0 Å². The maximum Gasteiger partial charge on any atom is 0.250 e. The van der Waals surface area contributed by atoms with Gasteiger partial charge in [-0.2, -0.15) is 0 Å². The van der Waals surface area contributed by atoms with Crippen molar-refractivity contribution in [3.05, 3.63) is 17.5 Å². The molecule has 0 unspecified atom stereocenters. The van der Waals surface area contributed by atoms with Crippen molar-refractivity contribution in [2.75, 3.05) is 25.4 Å². The Morgan fingerprint density at radius 1 is 1.37 bits per heavy atom. The molecule has 1 saturated heterocycles. The second kappa shape index (κ2) is 5.88. The van der Waals surface area contributed by atoms with Crippen molar-refractivity contribution in [1.82, 2.24) is 9.03 Å². The van der Waals surface area contributed by atoms with Crippen molar-refractivity contribution in [1.29, 1.82) is 0 Å². The Bertz CT molecular complexity index is 607. The molecule has 1 N–H and O–H groups in total. The van der Waals surface area contributed by atoms with Crippen LogP contribution >= 0.6 is 11.3 Å². The molecule has 6 nitrogen and oxygen atoms in total. The predicted octanol–water partition coefficient (Wildman–Crippen LogP) is 0.452. The van der Waals surface area contributed by atoms with E-state index in [1.807, 2.05) is 0 Å². The van der Waals surface area contributed by atoms with Crippen LogP contribution in [0.25, 0.3) is 0 Å². The van der Waals surface area contributed by atoms with Crippen molar-refractivity contribution < 1.29 is 16.8 Å². The summed E-state index contributed by atoms with van der Waals surface area (Å²) in [7, 11) is -6.70. The standard InChI is InChI=1S/C10H16N2O4S3/c13-18(14)9-2-1-6-12(18)7-5-11-19(15,16)10-4-3-8-17-10/h3-4,8,11H,1-2,5-7,9H2. The fourth-order valence-corrected chi connectivity index (χ4v) is 5.55. The molecular formula is C10H16N2O4S3. The van der Waals surface area contributed by atoms with Gasteiger partial charge in [0.25, 0.3) is 0 Å². The summed E-state index contributed by atoms with van der Waals surface area (Å²) < 4.78 is 51.1. The summed E-state index contributed by atoms with van der Waals surface area (Å²) in [6, 6.07) is 3.18. The number of hydrogen-bond donors (Lipinski definition) is 1. The molecule has 0 atom stereocenters. The maximum absolute atomic E-state index is 11.8. The molecule has 0 saturated carbocycles. The zero-order chi connectivity index (χ0) is 13.9. The van der Waals surface area contributed by atoms with E-state index in [0.29, 0.717) is 13.0 Å². The predicted molar refractivity (Wildman–Crippen MR) is 74.1 cm³/mol. The molecule has 2 rings (SSSR count). The second-order valence-corrected chi connectivity index (χ2v) is 9.28. The van der Waals surface area contributed by atoms with Crippen LogP contribution in [0, 0.1) is 0 Å². The van der Waals surface area contributed by atoms with Crippen LogP contribution in [0.15, 0.2) is 21.7 Å². The fraction of sp³-hybridized carbons (Fsp3) is 0.600. The van der Waals surface area contributed by atoms with E-state index in [-0.39, 0.29) is 23.1 Å². The van der Waals surface area contributed by atoms with E-state index in [0.717, 1.165) is 17.8 Å².